The third kappa shape index (κ3) is 2.25. The van der Waals surface area contributed by atoms with E-state index >= 15 is 0 Å². The summed E-state index contributed by atoms with van der Waals surface area (Å²) in [5.74, 6) is 0. The second-order valence-electron chi connectivity index (χ2n) is 5.80. The van der Waals surface area contributed by atoms with E-state index in [9.17, 15) is 0 Å². The van der Waals surface area contributed by atoms with Crippen LogP contribution in [-0.4, -0.2) is 17.5 Å². The van der Waals surface area contributed by atoms with Crippen LogP contribution in [0.25, 0.3) is 0 Å². The number of likely N-dealkylation sites (tertiary alicyclic amines) is 1. The highest BCUT2D eigenvalue weighted by Gasteiger charge is 2.30. The maximum atomic E-state index is 3.73. The first-order valence-electron chi connectivity index (χ1n) is 7.30. The first kappa shape index (κ1) is 12.7. The molecule has 1 aromatic carbocycles. The molecule has 1 heterocycles. The average Bonchev–Trinajstić information content (AvgIpc) is 2.40. The lowest BCUT2D eigenvalue weighted by atomic mass is 9.85. The number of nitrogens with zero attached hydrogens (tertiary/aromatic N) is 1. The van der Waals surface area contributed by atoms with Crippen molar-refractivity contribution in [1.29, 1.82) is 0 Å². The summed E-state index contributed by atoms with van der Waals surface area (Å²) in [6.45, 7) is 3.70. The molecule has 18 heavy (non-hydrogen) atoms. The van der Waals surface area contributed by atoms with Crippen LogP contribution >= 0.6 is 15.9 Å². The maximum Gasteiger partial charge on any atom is 0.0354 e. The zero-order valence-corrected chi connectivity index (χ0v) is 12.7. The molecule has 2 atom stereocenters. The van der Waals surface area contributed by atoms with Crippen LogP contribution in [0.4, 0.5) is 0 Å². The molecule has 98 valence electrons. The quantitative estimate of drug-likeness (QED) is 0.727. The van der Waals surface area contributed by atoms with Crippen LogP contribution in [0, 0.1) is 0 Å². The van der Waals surface area contributed by atoms with Crippen molar-refractivity contribution in [1.82, 2.24) is 4.90 Å². The molecule has 2 aliphatic rings. The van der Waals surface area contributed by atoms with Crippen LogP contribution in [0.5, 0.6) is 0 Å². The lowest BCUT2D eigenvalue weighted by Crippen LogP contribution is -2.41. The molecule has 2 heteroatoms. The Bertz CT molecular complexity index is 429. The van der Waals surface area contributed by atoms with Gasteiger partial charge in [-0.3, -0.25) is 4.90 Å². The highest BCUT2D eigenvalue weighted by atomic mass is 79.9. The van der Waals surface area contributed by atoms with E-state index in [0.717, 1.165) is 6.04 Å². The predicted molar refractivity (Wildman–Crippen MR) is 79.8 cm³/mol. The van der Waals surface area contributed by atoms with E-state index in [-0.39, 0.29) is 0 Å². The van der Waals surface area contributed by atoms with Gasteiger partial charge in [-0.2, -0.15) is 0 Å². The topological polar surface area (TPSA) is 3.24 Å². The molecule has 1 nitrogen and oxygen atoms in total. The van der Waals surface area contributed by atoms with Crippen LogP contribution in [0.3, 0.4) is 0 Å². The van der Waals surface area contributed by atoms with Gasteiger partial charge in [-0.05, 0) is 62.8 Å². The van der Waals surface area contributed by atoms with E-state index in [1.807, 2.05) is 0 Å². The number of hydrogen-bond donors (Lipinski definition) is 0. The molecular formula is C16H22BrN. The Morgan fingerprint density at radius 1 is 1.17 bits per heavy atom. The first-order chi connectivity index (χ1) is 8.77. The van der Waals surface area contributed by atoms with Gasteiger partial charge in [0.05, 0.1) is 0 Å². The molecule has 0 amide bonds. The van der Waals surface area contributed by atoms with Gasteiger partial charge in [-0.15, -0.1) is 0 Å². The maximum absolute atomic E-state index is 3.73. The smallest absolute Gasteiger partial charge is 0.0354 e. The van der Waals surface area contributed by atoms with Gasteiger partial charge in [-0.25, -0.2) is 0 Å². The fourth-order valence-corrected chi connectivity index (χ4v) is 4.29. The van der Waals surface area contributed by atoms with Crippen molar-refractivity contribution in [3.63, 3.8) is 0 Å². The van der Waals surface area contributed by atoms with Gasteiger partial charge in [0, 0.05) is 16.6 Å². The third-order valence-electron chi connectivity index (χ3n) is 4.67. The Labute approximate surface area is 119 Å². The molecule has 1 aliphatic heterocycles. The summed E-state index contributed by atoms with van der Waals surface area (Å²) in [5, 5.41) is 0. The van der Waals surface area contributed by atoms with Gasteiger partial charge in [0.25, 0.3) is 0 Å². The average molecular weight is 308 g/mol. The second-order valence-corrected chi connectivity index (χ2v) is 6.65. The van der Waals surface area contributed by atoms with Crippen molar-refractivity contribution in [2.24, 2.45) is 0 Å². The van der Waals surface area contributed by atoms with E-state index in [4.69, 9.17) is 0 Å². The summed E-state index contributed by atoms with van der Waals surface area (Å²) >= 11 is 3.73. The van der Waals surface area contributed by atoms with Crippen molar-refractivity contribution in [2.45, 2.75) is 57.5 Å². The fourth-order valence-electron chi connectivity index (χ4n) is 3.71. The summed E-state index contributed by atoms with van der Waals surface area (Å²) in [5.41, 5.74) is 3.15. The van der Waals surface area contributed by atoms with Gasteiger partial charge in [0.15, 0.2) is 0 Å². The Kier molecular flexibility index (Phi) is 3.76. The highest BCUT2D eigenvalue weighted by Crippen LogP contribution is 2.39. The minimum atomic E-state index is 0.668. The molecule has 1 aliphatic carbocycles. The van der Waals surface area contributed by atoms with Crippen molar-refractivity contribution < 1.29 is 0 Å². The predicted octanol–water partition coefficient (Wildman–Crippen LogP) is 4.70. The molecule has 0 spiro atoms. The molecule has 0 aromatic heterocycles. The molecule has 0 bridgehead atoms. The minimum absolute atomic E-state index is 0.668. The minimum Gasteiger partial charge on any atom is -0.294 e. The molecule has 1 aromatic rings. The van der Waals surface area contributed by atoms with Crippen LogP contribution in [0.2, 0.25) is 0 Å². The van der Waals surface area contributed by atoms with Crippen molar-refractivity contribution in [3.8, 4) is 0 Å². The Morgan fingerprint density at radius 2 is 2.06 bits per heavy atom. The summed E-state index contributed by atoms with van der Waals surface area (Å²) in [4.78, 5) is 2.76. The molecular weight excluding hydrogens is 286 g/mol. The van der Waals surface area contributed by atoms with Crippen molar-refractivity contribution in [3.05, 3.63) is 33.8 Å². The SMILES string of the molecule is CC1CCCCN1C1CCCc2c(Br)cccc21. The van der Waals surface area contributed by atoms with E-state index in [1.165, 1.54) is 49.5 Å². The van der Waals surface area contributed by atoms with Crippen molar-refractivity contribution >= 4 is 15.9 Å². The Morgan fingerprint density at radius 3 is 2.89 bits per heavy atom. The molecule has 3 rings (SSSR count). The molecule has 0 radical (unpaired) electrons. The van der Waals surface area contributed by atoms with E-state index in [2.05, 4.69) is 46.0 Å². The Hall–Kier alpha value is -0.340. The molecule has 0 saturated carbocycles. The molecule has 0 N–H and O–H groups in total. The fraction of sp³-hybridized carbons (Fsp3) is 0.625. The number of rotatable bonds is 1. The lowest BCUT2D eigenvalue weighted by Gasteiger charge is -2.42. The normalized spacial score (nSPS) is 29.0. The zero-order valence-electron chi connectivity index (χ0n) is 11.2. The largest absolute Gasteiger partial charge is 0.294 e. The number of piperidine rings is 1. The van der Waals surface area contributed by atoms with Crippen molar-refractivity contribution in [2.75, 3.05) is 6.54 Å². The number of fused-ring (bicyclic) bond motifs is 1. The van der Waals surface area contributed by atoms with Crippen LogP contribution in [0.1, 0.15) is 56.2 Å². The summed E-state index contributed by atoms with van der Waals surface area (Å²) in [6, 6.07) is 8.18. The number of benzene rings is 1. The first-order valence-corrected chi connectivity index (χ1v) is 8.09. The summed E-state index contributed by atoms with van der Waals surface area (Å²) in [6.07, 6.45) is 8.09. The molecule has 2 unspecified atom stereocenters. The lowest BCUT2D eigenvalue weighted by molar-refractivity contribution is 0.0941. The van der Waals surface area contributed by atoms with Crippen LogP contribution in [-0.2, 0) is 6.42 Å². The van der Waals surface area contributed by atoms with Crippen LogP contribution in [0.15, 0.2) is 22.7 Å². The summed E-state index contributed by atoms with van der Waals surface area (Å²) < 4.78 is 1.31. The number of halogens is 1. The zero-order chi connectivity index (χ0) is 12.5. The van der Waals surface area contributed by atoms with E-state index in [0.29, 0.717) is 6.04 Å². The van der Waals surface area contributed by atoms with Crippen LogP contribution < -0.4 is 0 Å². The summed E-state index contributed by atoms with van der Waals surface area (Å²) in [7, 11) is 0. The van der Waals surface area contributed by atoms with E-state index in [1.54, 1.807) is 11.1 Å². The monoisotopic (exact) mass is 307 g/mol. The molecule has 1 saturated heterocycles. The van der Waals surface area contributed by atoms with E-state index < -0.39 is 0 Å². The number of hydrogen-bond acceptors (Lipinski definition) is 1. The second kappa shape index (κ2) is 5.34. The molecule has 1 fully saturated rings. The van der Waals surface area contributed by atoms with Gasteiger partial charge >= 0.3 is 0 Å². The van der Waals surface area contributed by atoms with Gasteiger partial charge in [0.2, 0.25) is 0 Å². The standard InChI is InChI=1S/C16H22BrN/c1-12-6-2-3-11-18(12)16-10-5-7-13-14(16)8-4-9-15(13)17/h4,8-9,12,16H,2-3,5-7,10-11H2,1H3. The highest BCUT2D eigenvalue weighted by molar-refractivity contribution is 9.10. The third-order valence-corrected chi connectivity index (χ3v) is 5.42. The Balaban J connectivity index is 1.93. The van der Waals surface area contributed by atoms with Gasteiger partial charge in [0.1, 0.15) is 0 Å². The van der Waals surface area contributed by atoms with Gasteiger partial charge < -0.3 is 0 Å². The van der Waals surface area contributed by atoms with Gasteiger partial charge in [-0.1, -0.05) is 34.5 Å².